The maximum absolute atomic E-state index is 12.2. The van der Waals surface area contributed by atoms with Gasteiger partial charge >= 0.3 is 0 Å². The van der Waals surface area contributed by atoms with E-state index < -0.39 is 0 Å². The summed E-state index contributed by atoms with van der Waals surface area (Å²) >= 11 is 4.70. The molecule has 6 heteroatoms. The van der Waals surface area contributed by atoms with Gasteiger partial charge < -0.3 is 0 Å². The first-order valence-electron chi connectivity index (χ1n) is 6.59. The molecule has 0 saturated heterocycles. The van der Waals surface area contributed by atoms with Crippen LogP contribution in [0.15, 0.2) is 53.0 Å². The van der Waals surface area contributed by atoms with Crippen molar-refractivity contribution >= 4 is 38.3 Å². The number of carbonyl (C=O) groups is 1. The second-order valence-corrected chi connectivity index (χ2v) is 6.64. The summed E-state index contributed by atoms with van der Waals surface area (Å²) in [6.07, 6.45) is 0. The number of nitrogens with zero attached hydrogens (tertiary/aromatic N) is 2. The minimum Gasteiger partial charge on any atom is -0.296 e. The van der Waals surface area contributed by atoms with Crippen molar-refractivity contribution in [3.8, 4) is 10.6 Å². The van der Waals surface area contributed by atoms with Gasteiger partial charge in [0.15, 0.2) is 0 Å². The minimum absolute atomic E-state index is 0.201. The number of carbonyl (C=O) groups excluding carboxylic acids is 1. The van der Waals surface area contributed by atoms with Crippen LogP contribution in [0.25, 0.3) is 10.6 Å². The van der Waals surface area contributed by atoms with Crippen LogP contribution in [0.1, 0.15) is 15.9 Å². The molecule has 110 valence electrons. The number of hydrogen-bond acceptors (Lipinski definition) is 4. The molecule has 0 saturated carbocycles. The summed E-state index contributed by atoms with van der Waals surface area (Å²) in [4.78, 5) is 12.2. The zero-order chi connectivity index (χ0) is 15.5. The highest BCUT2D eigenvalue weighted by Gasteiger charge is 2.11. The van der Waals surface area contributed by atoms with Crippen LogP contribution in [-0.4, -0.2) is 16.1 Å². The number of nitrogens with one attached hydrogen (secondary N) is 1. The van der Waals surface area contributed by atoms with Gasteiger partial charge in [-0.3, -0.25) is 10.1 Å². The summed E-state index contributed by atoms with van der Waals surface area (Å²) in [6, 6.07) is 15.2. The zero-order valence-corrected chi connectivity index (χ0v) is 14.1. The number of hydrogen-bond donors (Lipinski definition) is 1. The molecule has 0 aliphatic rings. The lowest BCUT2D eigenvalue weighted by atomic mass is 10.2. The number of amides is 1. The lowest BCUT2D eigenvalue weighted by Gasteiger charge is -2.01. The number of anilines is 1. The van der Waals surface area contributed by atoms with Gasteiger partial charge in [0, 0.05) is 15.6 Å². The summed E-state index contributed by atoms with van der Waals surface area (Å²) < 4.78 is 0.859. The minimum atomic E-state index is -0.201. The first kappa shape index (κ1) is 14.9. The summed E-state index contributed by atoms with van der Waals surface area (Å²) in [5.41, 5.74) is 2.75. The van der Waals surface area contributed by atoms with Gasteiger partial charge in [0.1, 0.15) is 5.01 Å². The molecule has 0 radical (unpaired) electrons. The lowest BCUT2D eigenvalue weighted by molar-refractivity contribution is 0.102. The van der Waals surface area contributed by atoms with Crippen molar-refractivity contribution in [3.63, 3.8) is 0 Å². The molecule has 3 rings (SSSR count). The standard InChI is InChI=1S/C16H12BrN3OS/c1-10-5-7-11(8-6-10)15-19-20-16(22-15)18-14(21)12-3-2-4-13(17)9-12/h2-9H,1H3,(H,18,20,21). The molecular formula is C16H12BrN3OS. The highest BCUT2D eigenvalue weighted by atomic mass is 79.9. The summed E-state index contributed by atoms with van der Waals surface area (Å²) in [5, 5.41) is 12.2. The Morgan fingerprint density at radius 2 is 1.91 bits per heavy atom. The highest BCUT2D eigenvalue weighted by Crippen LogP contribution is 2.26. The maximum Gasteiger partial charge on any atom is 0.257 e. The zero-order valence-electron chi connectivity index (χ0n) is 11.7. The van der Waals surface area contributed by atoms with E-state index in [1.165, 1.54) is 16.9 Å². The van der Waals surface area contributed by atoms with Crippen molar-refractivity contribution in [2.75, 3.05) is 5.32 Å². The largest absolute Gasteiger partial charge is 0.296 e. The van der Waals surface area contributed by atoms with Crippen LogP contribution in [-0.2, 0) is 0 Å². The Kier molecular flexibility index (Phi) is 4.31. The molecule has 4 nitrogen and oxygen atoms in total. The van der Waals surface area contributed by atoms with Crippen LogP contribution < -0.4 is 5.32 Å². The maximum atomic E-state index is 12.2. The van der Waals surface area contributed by atoms with Gasteiger partial charge in [-0.2, -0.15) is 0 Å². The normalized spacial score (nSPS) is 10.5. The first-order valence-corrected chi connectivity index (χ1v) is 8.20. The Labute approximate surface area is 140 Å². The quantitative estimate of drug-likeness (QED) is 0.733. The molecule has 3 aromatic rings. The number of rotatable bonds is 3. The van der Waals surface area contributed by atoms with E-state index in [1.54, 1.807) is 12.1 Å². The Hall–Kier alpha value is -2.05. The lowest BCUT2D eigenvalue weighted by Crippen LogP contribution is -2.11. The van der Waals surface area contributed by atoms with Gasteiger partial charge in [-0.15, -0.1) is 10.2 Å². The Bertz CT molecular complexity index is 814. The van der Waals surface area contributed by atoms with Gasteiger partial charge in [0.25, 0.3) is 5.91 Å². The van der Waals surface area contributed by atoms with Crippen LogP contribution in [0.5, 0.6) is 0 Å². The number of aryl methyl sites for hydroxylation is 1. The fourth-order valence-corrected chi connectivity index (χ4v) is 3.03. The SMILES string of the molecule is Cc1ccc(-c2nnc(NC(=O)c3cccc(Br)c3)s2)cc1. The van der Waals surface area contributed by atoms with Gasteiger partial charge in [0.2, 0.25) is 5.13 Å². The van der Waals surface area contributed by atoms with E-state index in [1.807, 2.05) is 43.3 Å². The van der Waals surface area contributed by atoms with Crippen molar-refractivity contribution in [1.82, 2.24) is 10.2 Å². The monoisotopic (exact) mass is 373 g/mol. The average molecular weight is 374 g/mol. The van der Waals surface area contributed by atoms with Crippen molar-refractivity contribution in [3.05, 3.63) is 64.1 Å². The van der Waals surface area contributed by atoms with E-state index in [2.05, 4.69) is 31.4 Å². The van der Waals surface area contributed by atoms with E-state index in [0.29, 0.717) is 10.7 Å². The molecular weight excluding hydrogens is 362 g/mol. The van der Waals surface area contributed by atoms with Crippen molar-refractivity contribution < 1.29 is 4.79 Å². The van der Waals surface area contributed by atoms with E-state index in [-0.39, 0.29) is 5.91 Å². The molecule has 1 amide bonds. The molecule has 0 fully saturated rings. The third-order valence-electron chi connectivity index (χ3n) is 3.03. The molecule has 1 N–H and O–H groups in total. The molecule has 1 aromatic heterocycles. The van der Waals surface area contributed by atoms with Crippen LogP contribution in [0.4, 0.5) is 5.13 Å². The third kappa shape index (κ3) is 3.40. The third-order valence-corrected chi connectivity index (χ3v) is 4.41. The number of benzene rings is 2. The van der Waals surface area contributed by atoms with Gasteiger partial charge in [0.05, 0.1) is 0 Å². The molecule has 1 heterocycles. The number of aromatic nitrogens is 2. The van der Waals surface area contributed by atoms with Gasteiger partial charge in [-0.05, 0) is 25.1 Å². The molecule has 0 unspecified atom stereocenters. The first-order chi connectivity index (χ1) is 10.6. The molecule has 22 heavy (non-hydrogen) atoms. The van der Waals surface area contributed by atoms with Gasteiger partial charge in [-0.1, -0.05) is 63.2 Å². The van der Waals surface area contributed by atoms with Crippen LogP contribution >= 0.6 is 27.3 Å². The molecule has 0 spiro atoms. The summed E-state index contributed by atoms with van der Waals surface area (Å²) in [7, 11) is 0. The molecule has 0 aliphatic carbocycles. The predicted octanol–water partition coefficient (Wildman–Crippen LogP) is 4.53. The molecule has 0 aliphatic heterocycles. The molecule has 0 atom stereocenters. The van der Waals surface area contributed by atoms with E-state index in [4.69, 9.17) is 0 Å². The fourth-order valence-electron chi connectivity index (χ4n) is 1.89. The Balaban J connectivity index is 1.77. The van der Waals surface area contributed by atoms with Crippen molar-refractivity contribution in [1.29, 1.82) is 0 Å². The van der Waals surface area contributed by atoms with Crippen molar-refractivity contribution in [2.45, 2.75) is 6.92 Å². The molecule has 0 bridgehead atoms. The van der Waals surface area contributed by atoms with Crippen LogP contribution in [0, 0.1) is 6.92 Å². The Morgan fingerprint density at radius 3 is 2.64 bits per heavy atom. The second-order valence-electron chi connectivity index (χ2n) is 4.74. The predicted molar refractivity (Wildman–Crippen MR) is 92.2 cm³/mol. The van der Waals surface area contributed by atoms with Crippen LogP contribution in [0.2, 0.25) is 0 Å². The fraction of sp³-hybridized carbons (Fsp3) is 0.0625. The number of halogens is 1. The van der Waals surface area contributed by atoms with E-state index >= 15 is 0 Å². The average Bonchev–Trinajstić information content (AvgIpc) is 2.96. The van der Waals surface area contributed by atoms with Crippen LogP contribution in [0.3, 0.4) is 0 Å². The molecule has 2 aromatic carbocycles. The second kappa shape index (κ2) is 6.37. The summed E-state index contributed by atoms with van der Waals surface area (Å²) in [6.45, 7) is 2.04. The van der Waals surface area contributed by atoms with Gasteiger partial charge in [-0.25, -0.2) is 0 Å². The smallest absolute Gasteiger partial charge is 0.257 e. The Morgan fingerprint density at radius 1 is 1.14 bits per heavy atom. The topological polar surface area (TPSA) is 54.9 Å². The van der Waals surface area contributed by atoms with E-state index in [9.17, 15) is 4.79 Å². The summed E-state index contributed by atoms with van der Waals surface area (Å²) in [5.74, 6) is -0.201. The van der Waals surface area contributed by atoms with Crippen molar-refractivity contribution in [2.24, 2.45) is 0 Å². The van der Waals surface area contributed by atoms with E-state index in [0.717, 1.165) is 15.0 Å². The highest BCUT2D eigenvalue weighted by molar-refractivity contribution is 9.10.